The van der Waals surface area contributed by atoms with Crippen molar-refractivity contribution >= 4 is 23.3 Å². The van der Waals surface area contributed by atoms with E-state index in [0.717, 1.165) is 0 Å². The van der Waals surface area contributed by atoms with Gasteiger partial charge in [-0.1, -0.05) is 18.2 Å². The van der Waals surface area contributed by atoms with Crippen LogP contribution in [-0.4, -0.2) is 51.1 Å². The summed E-state index contributed by atoms with van der Waals surface area (Å²) in [5, 5.41) is 22.7. The first kappa shape index (κ1) is 16.0. The predicted octanol–water partition coefficient (Wildman–Crippen LogP) is -2.74. The van der Waals surface area contributed by atoms with Crippen molar-refractivity contribution in [1.29, 1.82) is 0 Å². The molecule has 7 heteroatoms. The molecule has 98 valence electrons. The van der Waals surface area contributed by atoms with E-state index in [4.69, 9.17) is 0 Å². The maximum Gasteiger partial charge on any atom is 1.00 e. The number of aliphatic hydroxyl groups is 1. The largest absolute Gasteiger partial charge is 1.00 e. The summed E-state index contributed by atoms with van der Waals surface area (Å²) in [6.07, 6.45) is -0.622. The second-order valence-electron chi connectivity index (χ2n) is 4.68. The summed E-state index contributed by atoms with van der Waals surface area (Å²) in [5.41, 5.74) is 1.46. The van der Waals surface area contributed by atoms with Gasteiger partial charge in [0.1, 0.15) is 6.10 Å². The van der Waals surface area contributed by atoms with E-state index in [1.54, 1.807) is 24.3 Å². The van der Waals surface area contributed by atoms with E-state index in [1.165, 1.54) is 4.58 Å². The topological polar surface area (TPSA) is 91.7 Å². The van der Waals surface area contributed by atoms with Gasteiger partial charge in [0.05, 0.1) is 6.42 Å². The van der Waals surface area contributed by atoms with Crippen LogP contribution < -0.4 is 58.2 Å². The van der Waals surface area contributed by atoms with Crippen LogP contribution in [0.3, 0.4) is 0 Å². The molecule has 1 saturated heterocycles. The summed E-state index contributed by atoms with van der Waals surface area (Å²) in [7, 11) is 0. The molecule has 0 saturated carbocycles. The van der Waals surface area contributed by atoms with Gasteiger partial charge in [0, 0.05) is 5.56 Å². The van der Waals surface area contributed by atoms with Gasteiger partial charge in [0.2, 0.25) is 5.71 Å². The molecule has 1 fully saturated rings. The fourth-order valence-electron chi connectivity index (χ4n) is 2.62. The zero-order valence-electron chi connectivity index (χ0n) is 11.0. The number of fused-ring (bicyclic) bond motifs is 1. The molecule has 0 bridgehead atoms. The van der Waals surface area contributed by atoms with Crippen LogP contribution in [-0.2, 0) is 9.59 Å². The number of hydrogen-bond donors (Lipinski definition) is 2. The second kappa shape index (κ2) is 6.15. The summed E-state index contributed by atoms with van der Waals surface area (Å²) >= 11 is 0. The van der Waals surface area contributed by atoms with E-state index in [9.17, 15) is 19.8 Å². The summed E-state index contributed by atoms with van der Waals surface area (Å²) in [6, 6.07) is 6.11. The van der Waals surface area contributed by atoms with Gasteiger partial charge in [0.15, 0.2) is 12.5 Å². The molecule has 0 spiro atoms. The molecule has 6 nitrogen and oxygen atoms in total. The molecule has 20 heavy (non-hydrogen) atoms. The van der Waals surface area contributed by atoms with Crippen molar-refractivity contribution in [3.05, 3.63) is 35.1 Å². The Balaban J connectivity index is 0.00000147. The van der Waals surface area contributed by atoms with Crippen LogP contribution in [0.25, 0.3) is 5.32 Å². The second-order valence-corrected chi connectivity index (χ2v) is 4.68. The number of nitrogens with zero attached hydrogens (tertiary/aromatic N) is 2. The minimum absolute atomic E-state index is 0. The maximum atomic E-state index is 12.0. The van der Waals surface area contributed by atoms with Gasteiger partial charge >= 0.3 is 64.2 Å². The molecule has 0 unspecified atom stereocenters. The number of benzene rings is 1. The number of amides is 1. The number of carboxylic acid groups (broad SMARTS) is 1. The fraction of sp³-hybridized carbons (Fsp3) is 0.308. The van der Waals surface area contributed by atoms with Gasteiger partial charge in [-0.05, 0) is 6.07 Å². The minimum atomic E-state index is -1.04. The number of carbonyl (C=O) groups is 2. The van der Waals surface area contributed by atoms with Crippen molar-refractivity contribution in [2.24, 2.45) is 0 Å². The molecule has 2 aliphatic rings. The first-order chi connectivity index (χ1) is 9.08. The Morgan fingerprint density at radius 3 is 2.75 bits per heavy atom. The molecular weight excluding hydrogens is 334 g/mol. The van der Waals surface area contributed by atoms with Crippen LogP contribution in [0, 0.1) is 0 Å². The van der Waals surface area contributed by atoms with Gasteiger partial charge < -0.3 is 20.3 Å². The number of hydrogen-bond acceptors (Lipinski definition) is 3. The number of aliphatic hydroxyl groups excluding tert-OH is 1. The van der Waals surface area contributed by atoms with Crippen LogP contribution in [0.1, 0.15) is 12.0 Å². The molecule has 0 radical (unpaired) electrons. The molecule has 3 rings (SSSR count). The first-order valence-electron chi connectivity index (χ1n) is 5.98. The van der Waals surface area contributed by atoms with E-state index < -0.39 is 24.0 Å². The molecule has 0 aliphatic carbocycles. The van der Waals surface area contributed by atoms with Crippen molar-refractivity contribution in [2.45, 2.75) is 18.6 Å². The van der Waals surface area contributed by atoms with E-state index in [1.807, 2.05) is 0 Å². The van der Waals surface area contributed by atoms with Crippen LogP contribution >= 0.6 is 0 Å². The van der Waals surface area contributed by atoms with Crippen LogP contribution in [0.15, 0.2) is 24.3 Å². The van der Waals surface area contributed by atoms with E-state index >= 15 is 0 Å². The molecule has 2 atom stereocenters. The number of carbonyl (C=O) groups excluding carboxylic acids is 1. The molecule has 2 heterocycles. The van der Waals surface area contributed by atoms with Crippen molar-refractivity contribution in [3.8, 4) is 0 Å². The Bertz CT molecular complexity index is 614. The van der Waals surface area contributed by atoms with Crippen molar-refractivity contribution in [2.75, 3.05) is 6.54 Å². The molecule has 2 N–H and O–H groups in total. The fourth-order valence-corrected chi connectivity index (χ4v) is 2.62. The summed E-state index contributed by atoms with van der Waals surface area (Å²) in [4.78, 5) is 23.2. The third-order valence-corrected chi connectivity index (χ3v) is 3.44. The van der Waals surface area contributed by atoms with Crippen molar-refractivity contribution in [1.82, 2.24) is 0 Å². The number of carboxylic acids is 1. The first-order valence-corrected chi connectivity index (χ1v) is 5.98. The third kappa shape index (κ3) is 2.67. The Morgan fingerprint density at radius 2 is 2.05 bits per heavy atom. The molecule has 1 aromatic rings. The zero-order chi connectivity index (χ0) is 13.6. The Hall–Kier alpha value is -0.405. The normalized spacial score (nSPS) is 27.8. The maximum absolute atomic E-state index is 12.0. The third-order valence-electron chi connectivity index (χ3n) is 3.44. The van der Waals surface area contributed by atoms with E-state index in [0.29, 0.717) is 11.3 Å². The summed E-state index contributed by atoms with van der Waals surface area (Å²) in [6.45, 7) is 0.141. The Labute approximate surface area is 164 Å². The molecule has 1 aromatic carbocycles. The molecule has 0 aromatic heterocycles. The van der Waals surface area contributed by atoms with Crippen LogP contribution in [0.5, 0.6) is 0 Å². The van der Waals surface area contributed by atoms with Crippen molar-refractivity contribution in [3.63, 3.8) is 0 Å². The quantitative estimate of drug-likeness (QED) is 0.540. The number of aliphatic carboxylic acids is 1. The van der Waals surface area contributed by atoms with Gasteiger partial charge in [0.25, 0.3) is 6.04 Å². The van der Waals surface area contributed by atoms with Gasteiger partial charge in [-0.15, -0.1) is 5.69 Å². The standard InChI is InChI=1S/C13H12N2O4.Rb/c16-7-5-10(13(18)19)15(6-7)11-8-3-1-2-4-9(8)14-12(11)17;/h1-4,7,10,16H,5-6H2,(H,18,19);/q;+1/t7-,10+;/m0./s1. The SMILES string of the molecule is O=C1[N-]c2ccccc2C1=[N+]1C[C@@H](O)C[C@@H]1C(=O)O.[Rb+]. The average molecular weight is 346 g/mol. The average Bonchev–Trinajstić information content (AvgIpc) is 2.88. The van der Waals surface area contributed by atoms with Gasteiger partial charge in [-0.3, -0.25) is 0 Å². The van der Waals surface area contributed by atoms with Gasteiger partial charge in [-0.2, -0.15) is 0 Å². The monoisotopic (exact) mass is 345 g/mol. The van der Waals surface area contributed by atoms with E-state index in [2.05, 4.69) is 5.32 Å². The zero-order valence-corrected chi connectivity index (χ0v) is 15.9. The molecular formula is C13H12N2O4Rb+. The predicted molar refractivity (Wildman–Crippen MR) is 65.8 cm³/mol. The number of rotatable bonds is 1. The smallest absolute Gasteiger partial charge is 0.617 e. The number of β-amino-alcohol motifs (C(OH)–C–C–N with tert-alkyl or cyclic N) is 1. The summed E-state index contributed by atoms with van der Waals surface area (Å²) in [5.74, 6) is -1.48. The Morgan fingerprint density at radius 1 is 1.35 bits per heavy atom. The summed E-state index contributed by atoms with van der Waals surface area (Å²) < 4.78 is 1.45. The van der Waals surface area contributed by atoms with Gasteiger partial charge in [-0.25, -0.2) is 9.37 Å². The van der Waals surface area contributed by atoms with Crippen molar-refractivity contribution < 1.29 is 82.6 Å². The molecule has 2 aliphatic heterocycles. The number of para-hydroxylation sites is 1. The van der Waals surface area contributed by atoms with Crippen LogP contribution in [0.2, 0.25) is 0 Å². The van der Waals surface area contributed by atoms with Crippen LogP contribution in [0.4, 0.5) is 5.69 Å². The minimum Gasteiger partial charge on any atom is -0.617 e. The molecule has 1 amide bonds. The van der Waals surface area contributed by atoms with E-state index in [-0.39, 0.29) is 76.9 Å². The Kier molecular flexibility index (Phi) is 4.91.